The zero-order chi connectivity index (χ0) is 10.1. The Bertz CT molecular complexity index is 327. The first-order valence-corrected chi connectivity index (χ1v) is 5.41. The predicted molar refractivity (Wildman–Crippen MR) is 64.8 cm³/mol. The second kappa shape index (κ2) is 4.99. The zero-order valence-electron chi connectivity index (χ0n) is 9.71. The van der Waals surface area contributed by atoms with Crippen molar-refractivity contribution in [2.75, 3.05) is 13.1 Å². The second-order valence-corrected chi connectivity index (χ2v) is 4.23. The van der Waals surface area contributed by atoms with Crippen molar-refractivity contribution in [1.29, 1.82) is 0 Å². The molecule has 1 N–H and O–H groups in total. The van der Waals surface area contributed by atoms with Gasteiger partial charge >= 0.3 is 0 Å². The van der Waals surface area contributed by atoms with Crippen molar-refractivity contribution in [3.05, 3.63) is 17.0 Å². The Morgan fingerprint density at radius 3 is 2.33 bits per heavy atom. The van der Waals surface area contributed by atoms with Gasteiger partial charge in [-0.3, -0.25) is 4.68 Å². The molecule has 0 aliphatic carbocycles. The molecule has 1 saturated heterocycles. The Morgan fingerprint density at radius 1 is 1.27 bits per heavy atom. The van der Waals surface area contributed by atoms with E-state index in [-0.39, 0.29) is 12.4 Å². The molecule has 15 heavy (non-hydrogen) atoms. The van der Waals surface area contributed by atoms with Crippen molar-refractivity contribution in [2.24, 2.45) is 7.05 Å². The Labute approximate surface area is 97.7 Å². The van der Waals surface area contributed by atoms with Gasteiger partial charge in [-0.05, 0) is 51.3 Å². The van der Waals surface area contributed by atoms with E-state index < -0.39 is 0 Å². The van der Waals surface area contributed by atoms with Crippen molar-refractivity contribution in [3.63, 3.8) is 0 Å². The smallest absolute Gasteiger partial charge is 0.0631 e. The van der Waals surface area contributed by atoms with Gasteiger partial charge in [0.25, 0.3) is 0 Å². The van der Waals surface area contributed by atoms with Crippen LogP contribution in [0.3, 0.4) is 0 Å². The van der Waals surface area contributed by atoms with E-state index in [0.717, 1.165) is 19.0 Å². The van der Waals surface area contributed by atoms with Crippen molar-refractivity contribution in [2.45, 2.75) is 32.6 Å². The van der Waals surface area contributed by atoms with Crippen molar-refractivity contribution in [1.82, 2.24) is 15.1 Å². The highest BCUT2D eigenvalue weighted by Gasteiger charge is 2.21. The van der Waals surface area contributed by atoms with Crippen LogP contribution < -0.4 is 5.32 Å². The SMILES string of the molecule is Cc1nn(C)c(C)c1C1CCNCC1.Cl. The Balaban J connectivity index is 0.00000112. The van der Waals surface area contributed by atoms with E-state index in [2.05, 4.69) is 24.3 Å². The topological polar surface area (TPSA) is 29.9 Å². The number of aromatic nitrogens is 2. The number of hydrogen-bond donors (Lipinski definition) is 1. The average molecular weight is 230 g/mol. The van der Waals surface area contributed by atoms with Crippen LogP contribution in [0.15, 0.2) is 0 Å². The molecule has 0 bridgehead atoms. The lowest BCUT2D eigenvalue weighted by atomic mass is 9.89. The van der Waals surface area contributed by atoms with E-state index in [0.29, 0.717) is 0 Å². The van der Waals surface area contributed by atoms with Gasteiger partial charge in [0.2, 0.25) is 0 Å². The molecule has 1 aliphatic heterocycles. The molecule has 0 aromatic carbocycles. The highest BCUT2D eigenvalue weighted by molar-refractivity contribution is 5.85. The number of piperidine rings is 1. The lowest BCUT2D eigenvalue weighted by molar-refractivity contribution is 0.457. The molecule has 0 amide bonds. The van der Waals surface area contributed by atoms with Crippen molar-refractivity contribution in [3.8, 4) is 0 Å². The Morgan fingerprint density at radius 2 is 1.87 bits per heavy atom. The quantitative estimate of drug-likeness (QED) is 0.798. The first-order chi connectivity index (χ1) is 6.70. The molecule has 1 aromatic rings. The third-order valence-electron chi connectivity index (χ3n) is 3.31. The standard InChI is InChI=1S/C11H19N3.ClH/c1-8-11(9(2)14(3)13-8)10-4-6-12-7-5-10;/h10,12H,4-7H2,1-3H3;1H. The fourth-order valence-corrected chi connectivity index (χ4v) is 2.49. The maximum absolute atomic E-state index is 4.48. The molecular weight excluding hydrogens is 210 g/mol. The van der Waals surface area contributed by atoms with Gasteiger partial charge in [0.05, 0.1) is 5.69 Å². The predicted octanol–water partition coefficient (Wildman–Crippen LogP) is 1.93. The summed E-state index contributed by atoms with van der Waals surface area (Å²) < 4.78 is 2.01. The number of nitrogens with zero attached hydrogens (tertiary/aromatic N) is 2. The molecule has 0 spiro atoms. The monoisotopic (exact) mass is 229 g/mol. The van der Waals surface area contributed by atoms with E-state index in [1.165, 1.54) is 29.8 Å². The van der Waals surface area contributed by atoms with Crippen LogP contribution in [0.2, 0.25) is 0 Å². The van der Waals surface area contributed by atoms with Crippen LogP contribution in [-0.2, 0) is 7.05 Å². The average Bonchev–Trinajstić information content (AvgIpc) is 2.43. The summed E-state index contributed by atoms with van der Waals surface area (Å²) in [5.41, 5.74) is 4.06. The van der Waals surface area contributed by atoms with Gasteiger partial charge in [0, 0.05) is 12.7 Å². The molecular formula is C11H20ClN3. The molecule has 0 saturated carbocycles. The summed E-state index contributed by atoms with van der Waals surface area (Å²) in [5.74, 6) is 0.727. The minimum absolute atomic E-state index is 0. The maximum atomic E-state index is 4.48. The van der Waals surface area contributed by atoms with Crippen LogP contribution >= 0.6 is 12.4 Å². The van der Waals surface area contributed by atoms with E-state index in [4.69, 9.17) is 0 Å². The van der Waals surface area contributed by atoms with Crippen LogP contribution in [0.5, 0.6) is 0 Å². The van der Waals surface area contributed by atoms with E-state index in [1.807, 2.05) is 11.7 Å². The highest BCUT2D eigenvalue weighted by atomic mass is 35.5. The summed E-state index contributed by atoms with van der Waals surface area (Å²) in [6.07, 6.45) is 2.51. The molecule has 0 unspecified atom stereocenters. The van der Waals surface area contributed by atoms with Crippen LogP contribution in [0.1, 0.15) is 35.7 Å². The molecule has 0 atom stereocenters. The van der Waals surface area contributed by atoms with Gasteiger partial charge in [-0.2, -0.15) is 5.10 Å². The minimum atomic E-state index is 0. The molecule has 3 nitrogen and oxygen atoms in total. The fourth-order valence-electron chi connectivity index (χ4n) is 2.49. The molecule has 1 fully saturated rings. The molecule has 2 heterocycles. The minimum Gasteiger partial charge on any atom is -0.317 e. The Kier molecular flexibility index (Phi) is 4.17. The largest absolute Gasteiger partial charge is 0.317 e. The van der Waals surface area contributed by atoms with Crippen LogP contribution in [0, 0.1) is 13.8 Å². The maximum Gasteiger partial charge on any atom is 0.0631 e. The van der Waals surface area contributed by atoms with Gasteiger partial charge < -0.3 is 5.32 Å². The van der Waals surface area contributed by atoms with Crippen LogP contribution in [0.4, 0.5) is 0 Å². The summed E-state index contributed by atoms with van der Waals surface area (Å²) in [7, 11) is 2.03. The third kappa shape index (κ3) is 2.34. The number of hydrogen-bond acceptors (Lipinski definition) is 2. The molecule has 1 aliphatic rings. The summed E-state index contributed by atoms with van der Waals surface area (Å²) >= 11 is 0. The third-order valence-corrected chi connectivity index (χ3v) is 3.31. The Hall–Kier alpha value is -0.540. The normalized spacial score (nSPS) is 17.5. The van der Waals surface area contributed by atoms with E-state index >= 15 is 0 Å². The molecule has 1 aromatic heterocycles. The van der Waals surface area contributed by atoms with Gasteiger partial charge in [0.15, 0.2) is 0 Å². The van der Waals surface area contributed by atoms with Gasteiger partial charge in [0.1, 0.15) is 0 Å². The highest BCUT2D eigenvalue weighted by Crippen LogP contribution is 2.29. The van der Waals surface area contributed by atoms with Crippen molar-refractivity contribution < 1.29 is 0 Å². The number of halogens is 1. The summed E-state index contributed by atoms with van der Waals surface area (Å²) in [4.78, 5) is 0. The van der Waals surface area contributed by atoms with Crippen LogP contribution in [-0.4, -0.2) is 22.9 Å². The first-order valence-electron chi connectivity index (χ1n) is 5.41. The lowest BCUT2D eigenvalue weighted by Crippen LogP contribution is -2.27. The number of aryl methyl sites for hydroxylation is 2. The molecule has 0 radical (unpaired) electrons. The van der Waals surface area contributed by atoms with E-state index in [9.17, 15) is 0 Å². The molecule has 4 heteroatoms. The van der Waals surface area contributed by atoms with Gasteiger partial charge in [-0.1, -0.05) is 0 Å². The first kappa shape index (κ1) is 12.5. The summed E-state index contributed by atoms with van der Waals surface area (Å²) in [6.45, 7) is 6.61. The van der Waals surface area contributed by atoms with E-state index in [1.54, 1.807) is 0 Å². The fraction of sp³-hybridized carbons (Fsp3) is 0.727. The lowest BCUT2D eigenvalue weighted by Gasteiger charge is -2.23. The second-order valence-electron chi connectivity index (χ2n) is 4.23. The van der Waals surface area contributed by atoms with Gasteiger partial charge in [-0.25, -0.2) is 0 Å². The summed E-state index contributed by atoms with van der Waals surface area (Å²) in [5, 5.41) is 7.89. The van der Waals surface area contributed by atoms with Crippen LogP contribution in [0.25, 0.3) is 0 Å². The zero-order valence-corrected chi connectivity index (χ0v) is 10.5. The van der Waals surface area contributed by atoms with Gasteiger partial charge in [-0.15, -0.1) is 12.4 Å². The molecule has 86 valence electrons. The molecule has 2 rings (SSSR count). The number of rotatable bonds is 1. The number of nitrogens with one attached hydrogen (secondary N) is 1. The van der Waals surface area contributed by atoms with Crippen molar-refractivity contribution >= 4 is 12.4 Å². The summed E-state index contributed by atoms with van der Waals surface area (Å²) in [6, 6.07) is 0.